The van der Waals surface area contributed by atoms with Gasteiger partial charge >= 0.3 is 0 Å². The lowest BCUT2D eigenvalue weighted by atomic mass is 9.99. The minimum atomic E-state index is 0.279. The van der Waals surface area contributed by atoms with Gasteiger partial charge < -0.3 is 9.67 Å². The van der Waals surface area contributed by atoms with Crippen molar-refractivity contribution in [3.05, 3.63) is 53.1 Å². The molecule has 1 aliphatic rings. The van der Waals surface area contributed by atoms with E-state index in [1.165, 1.54) is 16.8 Å². The van der Waals surface area contributed by atoms with Crippen LogP contribution in [0.2, 0.25) is 0 Å². The van der Waals surface area contributed by atoms with E-state index in [-0.39, 0.29) is 6.61 Å². The molecule has 1 aromatic heterocycles. The summed E-state index contributed by atoms with van der Waals surface area (Å²) < 4.78 is 2.30. The average molecular weight is 256 g/mol. The van der Waals surface area contributed by atoms with Crippen LogP contribution < -0.4 is 0 Å². The number of rotatable bonds is 3. The largest absolute Gasteiger partial charge is 0.396 e. The van der Waals surface area contributed by atoms with Crippen molar-refractivity contribution >= 4 is 0 Å². The zero-order chi connectivity index (χ0) is 13.2. The number of hydrogen-bond acceptors (Lipinski definition) is 2. The van der Waals surface area contributed by atoms with Crippen LogP contribution in [-0.4, -0.2) is 21.3 Å². The smallest absolute Gasteiger partial charge is 0.113 e. The minimum absolute atomic E-state index is 0.279. The highest BCUT2D eigenvalue weighted by molar-refractivity contribution is 5.25. The lowest BCUT2D eigenvalue weighted by Crippen LogP contribution is -2.24. The third-order valence-corrected chi connectivity index (χ3v) is 4.01. The van der Waals surface area contributed by atoms with Crippen LogP contribution in [0.5, 0.6) is 0 Å². The molecule has 1 atom stereocenters. The fourth-order valence-electron chi connectivity index (χ4n) is 2.76. The summed E-state index contributed by atoms with van der Waals surface area (Å²) in [6, 6.07) is 8.63. The van der Waals surface area contributed by atoms with Gasteiger partial charge in [-0.05, 0) is 25.3 Å². The third kappa shape index (κ3) is 2.56. The summed E-state index contributed by atoms with van der Waals surface area (Å²) >= 11 is 0. The third-order valence-electron chi connectivity index (χ3n) is 4.01. The number of hydrogen-bond donors (Lipinski definition) is 1. The van der Waals surface area contributed by atoms with Gasteiger partial charge in [-0.1, -0.05) is 29.8 Å². The summed E-state index contributed by atoms with van der Waals surface area (Å²) in [5.74, 6) is 1.51. The molecule has 0 aliphatic carbocycles. The highest BCUT2D eigenvalue weighted by Gasteiger charge is 2.20. The Morgan fingerprint density at radius 2 is 2.11 bits per heavy atom. The summed E-state index contributed by atoms with van der Waals surface area (Å²) in [5.41, 5.74) is 3.89. The first-order valence-corrected chi connectivity index (χ1v) is 6.96. The first-order chi connectivity index (χ1) is 9.26. The molecule has 2 aromatic rings. The second kappa shape index (κ2) is 5.17. The Kier molecular flexibility index (Phi) is 3.38. The van der Waals surface area contributed by atoms with Crippen molar-refractivity contribution in [2.24, 2.45) is 5.92 Å². The lowest BCUT2D eigenvalue weighted by Gasteiger charge is -2.23. The number of aliphatic hydroxyl groups is 1. The molecule has 2 heterocycles. The lowest BCUT2D eigenvalue weighted by molar-refractivity contribution is 0.190. The van der Waals surface area contributed by atoms with Crippen LogP contribution in [0.4, 0.5) is 0 Å². The highest BCUT2D eigenvalue weighted by Crippen LogP contribution is 2.22. The van der Waals surface area contributed by atoms with Crippen molar-refractivity contribution in [2.75, 3.05) is 6.61 Å². The van der Waals surface area contributed by atoms with E-state index in [0.29, 0.717) is 5.92 Å². The van der Waals surface area contributed by atoms with Gasteiger partial charge in [0.15, 0.2) is 0 Å². The van der Waals surface area contributed by atoms with E-state index in [1.807, 2.05) is 6.20 Å². The van der Waals surface area contributed by atoms with Crippen LogP contribution in [0.3, 0.4) is 0 Å². The number of aliphatic hydroxyl groups excluding tert-OH is 1. The molecule has 0 spiro atoms. The maximum Gasteiger partial charge on any atom is 0.113 e. The summed E-state index contributed by atoms with van der Waals surface area (Å²) in [5, 5.41) is 9.33. The molecule has 1 aliphatic heterocycles. The van der Waals surface area contributed by atoms with E-state index < -0.39 is 0 Å². The van der Waals surface area contributed by atoms with Crippen LogP contribution in [0, 0.1) is 12.8 Å². The molecule has 0 fully saturated rings. The molecule has 0 saturated heterocycles. The van der Waals surface area contributed by atoms with Gasteiger partial charge in [-0.25, -0.2) is 4.98 Å². The van der Waals surface area contributed by atoms with E-state index >= 15 is 0 Å². The molecule has 3 nitrogen and oxygen atoms in total. The van der Waals surface area contributed by atoms with Crippen molar-refractivity contribution in [1.82, 2.24) is 9.55 Å². The first-order valence-electron chi connectivity index (χ1n) is 6.96. The minimum Gasteiger partial charge on any atom is -0.396 e. The van der Waals surface area contributed by atoms with Gasteiger partial charge in [-0.2, -0.15) is 0 Å². The van der Waals surface area contributed by atoms with Crippen molar-refractivity contribution in [2.45, 2.75) is 32.7 Å². The van der Waals surface area contributed by atoms with Gasteiger partial charge in [-0.3, -0.25) is 0 Å². The number of benzene rings is 1. The SMILES string of the molecule is Cc1ccc(Cc2ncc3n2CC(CO)CC3)cc1. The second-order valence-corrected chi connectivity index (χ2v) is 5.53. The Labute approximate surface area is 113 Å². The molecule has 100 valence electrons. The zero-order valence-electron chi connectivity index (χ0n) is 11.3. The van der Waals surface area contributed by atoms with Gasteiger partial charge in [-0.15, -0.1) is 0 Å². The topological polar surface area (TPSA) is 38.0 Å². The maximum absolute atomic E-state index is 9.33. The summed E-state index contributed by atoms with van der Waals surface area (Å²) in [6.07, 6.45) is 4.98. The quantitative estimate of drug-likeness (QED) is 0.915. The average Bonchev–Trinajstić information content (AvgIpc) is 2.84. The Morgan fingerprint density at radius 3 is 2.84 bits per heavy atom. The summed E-state index contributed by atoms with van der Waals surface area (Å²) in [4.78, 5) is 4.57. The Bertz CT molecular complexity index is 557. The summed E-state index contributed by atoms with van der Waals surface area (Å²) in [7, 11) is 0. The fraction of sp³-hybridized carbons (Fsp3) is 0.438. The van der Waals surface area contributed by atoms with Gasteiger partial charge in [0.25, 0.3) is 0 Å². The molecule has 19 heavy (non-hydrogen) atoms. The van der Waals surface area contributed by atoms with Crippen LogP contribution in [-0.2, 0) is 19.4 Å². The molecule has 3 heteroatoms. The second-order valence-electron chi connectivity index (χ2n) is 5.53. The van der Waals surface area contributed by atoms with Crippen LogP contribution in [0.1, 0.15) is 29.1 Å². The maximum atomic E-state index is 9.33. The molecule has 0 radical (unpaired) electrons. The predicted octanol–water partition coefficient (Wildman–Crippen LogP) is 2.34. The monoisotopic (exact) mass is 256 g/mol. The number of imidazole rings is 1. The van der Waals surface area contributed by atoms with Crippen molar-refractivity contribution in [3.8, 4) is 0 Å². The van der Waals surface area contributed by atoms with Gasteiger partial charge in [0, 0.05) is 37.4 Å². The Hall–Kier alpha value is -1.61. The van der Waals surface area contributed by atoms with Gasteiger partial charge in [0.1, 0.15) is 5.82 Å². The van der Waals surface area contributed by atoms with Crippen molar-refractivity contribution in [1.29, 1.82) is 0 Å². The Morgan fingerprint density at radius 1 is 1.32 bits per heavy atom. The van der Waals surface area contributed by atoms with Crippen LogP contribution >= 0.6 is 0 Å². The molecule has 3 rings (SSSR count). The van der Waals surface area contributed by atoms with Crippen LogP contribution in [0.25, 0.3) is 0 Å². The van der Waals surface area contributed by atoms with Gasteiger partial charge in [0.2, 0.25) is 0 Å². The number of aryl methyl sites for hydroxylation is 2. The number of aromatic nitrogens is 2. The summed E-state index contributed by atoms with van der Waals surface area (Å²) in [6.45, 7) is 3.29. The normalized spacial score (nSPS) is 18.3. The molecule has 1 aromatic carbocycles. The van der Waals surface area contributed by atoms with Crippen molar-refractivity contribution in [3.63, 3.8) is 0 Å². The molecule has 1 unspecified atom stereocenters. The molecule has 0 saturated carbocycles. The van der Waals surface area contributed by atoms with Crippen LogP contribution in [0.15, 0.2) is 30.5 Å². The zero-order valence-corrected chi connectivity index (χ0v) is 11.3. The van der Waals surface area contributed by atoms with E-state index in [9.17, 15) is 5.11 Å². The molecule has 0 amide bonds. The number of nitrogens with zero attached hydrogens (tertiary/aromatic N) is 2. The van der Waals surface area contributed by atoms with E-state index in [0.717, 1.165) is 31.6 Å². The predicted molar refractivity (Wildman–Crippen MR) is 75.1 cm³/mol. The van der Waals surface area contributed by atoms with Crippen molar-refractivity contribution < 1.29 is 5.11 Å². The van der Waals surface area contributed by atoms with E-state index in [2.05, 4.69) is 40.7 Å². The molecule has 1 N–H and O–H groups in total. The standard InChI is InChI=1S/C16H20N2O/c1-12-2-4-13(5-3-12)8-16-17-9-15-7-6-14(11-19)10-18(15)16/h2-5,9,14,19H,6-8,10-11H2,1H3. The fourth-order valence-corrected chi connectivity index (χ4v) is 2.76. The van der Waals surface area contributed by atoms with E-state index in [4.69, 9.17) is 0 Å². The molecule has 0 bridgehead atoms. The molecular formula is C16H20N2O. The Balaban J connectivity index is 1.82. The molecular weight excluding hydrogens is 236 g/mol. The highest BCUT2D eigenvalue weighted by atomic mass is 16.3. The van der Waals surface area contributed by atoms with E-state index in [1.54, 1.807) is 0 Å². The van der Waals surface area contributed by atoms with Gasteiger partial charge in [0.05, 0.1) is 0 Å². The first kappa shape index (κ1) is 12.4. The number of fused-ring (bicyclic) bond motifs is 1.